The van der Waals surface area contributed by atoms with Crippen molar-refractivity contribution in [2.45, 2.75) is 74.6 Å². The molecule has 6 rings (SSSR count). The van der Waals surface area contributed by atoms with E-state index < -0.39 is 102 Å². The molecule has 0 aromatic heterocycles. The molecule has 0 bridgehead atoms. The van der Waals surface area contributed by atoms with Crippen LogP contribution in [0.15, 0.2) is 18.2 Å². The number of hydrogen-bond acceptors (Lipinski definition) is 14. The highest BCUT2D eigenvalue weighted by molar-refractivity contribution is 6.31. The number of carbonyl (C=O) groups excluding carboxylic acids is 2. The molecule has 246 valence electrons. The third-order valence-electron chi connectivity index (χ3n) is 9.64. The molecule has 0 spiro atoms. The standard InChI is InChI=1S/C32H36N2O12/c1-14-27(37)18(34-6-7-44-13-15(34)11-33)8-22(45-14)46-20-10-32(42,21(36)12-35)9-17-24(20)31(41)26-25(29(17)39)28(38)16-4-3-5-19(43-2)23(16)30(26)40/h3-5,14-15,18,20-22,27,35-37,39,41-42H,6-10,12-13H2,1-2H3/t14-,15+,18-,20?,21?,22-,27+,32?/m0/s1. The maximum atomic E-state index is 13.9. The van der Waals surface area contributed by atoms with Gasteiger partial charge in [-0.2, -0.15) is 5.26 Å². The summed E-state index contributed by atoms with van der Waals surface area (Å²) in [6, 6.07) is 5.35. The van der Waals surface area contributed by atoms with Gasteiger partial charge in [-0.25, -0.2) is 0 Å². The minimum atomic E-state index is -2.09. The highest BCUT2D eigenvalue weighted by Gasteiger charge is 2.51. The van der Waals surface area contributed by atoms with Crippen molar-refractivity contribution < 1.29 is 59.2 Å². The summed E-state index contributed by atoms with van der Waals surface area (Å²) >= 11 is 0. The molecular formula is C32H36N2O12. The Bertz CT molecular complexity index is 1610. The predicted molar refractivity (Wildman–Crippen MR) is 155 cm³/mol. The summed E-state index contributed by atoms with van der Waals surface area (Å²) < 4.78 is 23.1. The minimum absolute atomic E-state index is 0.0475. The minimum Gasteiger partial charge on any atom is -0.507 e. The third kappa shape index (κ3) is 5.04. The monoisotopic (exact) mass is 640 g/mol. The summed E-state index contributed by atoms with van der Waals surface area (Å²) in [5.74, 6) is -2.76. The molecule has 2 aromatic carbocycles. The number of nitriles is 1. The molecule has 46 heavy (non-hydrogen) atoms. The number of carbonyl (C=O) groups is 2. The number of ketones is 2. The lowest BCUT2D eigenvalue weighted by Gasteiger charge is -2.47. The smallest absolute Gasteiger partial charge is 0.202 e. The van der Waals surface area contributed by atoms with Gasteiger partial charge in [0.2, 0.25) is 5.78 Å². The number of phenolic OH excluding ortho intramolecular Hbond substituents is 2. The second-order valence-electron chi connectivity index (χ2n) is 12.2. The zero-order valence-corrected chi connectivity index (χ0v) is 25.3. The van der Waals surface area contributed by atoms with Gasteiger partial charge in [-0.05, 0) is 13.0 Å². The number of aliphatic hydroxyl groups excluding tert-OH is 3. The molecule has 0 amide bonds. The molecule has 0 radical (unpaired) electrons. The number of methoxy groups -OCH3 is 1. The molecule has 2 aliphatic carbocycles. The SMILES string of the molecule is COc1cccc2c1C(=O)c1c(O)c3c(c(O)c1C2=O)CC(O)(C(O)CO)CC3O[C@H]1C[C@H](N2CCOC[C@H]2C#N)[C@H](O)[C@H](C)O1. The van der Waals surface area contributed by atoms with Crippen molar-refractivity contribution in [3.63, 3.8) is 0 Å². The first-order chi connectivity index (χ1) is 21.9. The highest BCUT2D eigenvalue weighted by Crippen LogP contribution is 2.53. The lowest BCUT2D eigenvalue weighted by molar-refractivity contribution is -0.265. The van der Waals surface area contributed by atoms with Gasteiger partial charge in [0, 0.05) is 48.5 Å². The molecule has 2 fully saturated rings. The molecule has 2 saturated heterocycles. The number of benzene rings is 2. The summed E-state index contributed by atoms with van der Waals surface area (Å²) in [5, 5.41) is 76.1. The fraction of sp³-hybridized carbons (Fsp3) is 0.531. The first-order valence-corrected chi connectivity index (χ1v) is 15.1. The quantitative estimate of drug-likeness (QED) is 0.196. The van der Waals surface area contributed by atoms with Gasteiger partial charge in [0.25, 0.3) is 0 Å². The Kier molecular flexibility index (Phi) is 8.55. The van der Waals surface area contributed by atoms with Gasteiger partial charge in [0.1, 0.15) is 29.4 Å². The maximum absolute atomic E-state index is 13.9. The first kappa shape index (κ1) is 32.3. The second-order valence-corrected chi connectivity index (χ2v) is 12.2. The number of aliphatic hydroxyl groups is 4. The van der Waals surface area contributed by atoms with Crippen molar-refractivity contribution in [3.05, 3.63) is 51.6 Å². The van der Waals surface area contributed by atoms with E-state index >= 15 is 0 Å². The lowest BCUT2D eigenvalue weighted by atomic mass is 9.71. The largest absolute Gasteiger partial charge is 0.507 e. The van der Waals surface area contributed by atoms with Gasteiger partial charge >= 0.3 is 0 Å². The molecular weight excluding hydrogens is 604 g/mol. The number of hydrogen-bond donors (Lipinski definition) is 6. The van der Waals surface area contributed by atoms with E-state index in [9.17, 15) is 45.5 Å². The molecule has 3 unspecified atom stereocenters. The molecule has 6 N–H and O–H groups in total. The van der Waals surface area contributed by atoms with E-state index in [1.807, 2.05) is 4.90 Å². The molecule has 8 atom stereocenters. The van der Waals surface area contributed by atoms with Gasteiger partial charge in [-0.1, -0.05) is 12.1 Å². The first-order valence-electron chi connectivity index (χ1n) is 15.1. The van der Waals surface area contributed by atoms with E-state index in [1.165, 1.54) is 25.3 Å². The van der Waals surface area contributed by atoms with Crippen molar-refractivity contribution in [2.75, 3.05) is 33.5 Å². The number of phenols is 2. The number of ether oxygens (including phenoxy) is 4. The number of fused-ring (bicyclic) bond motifs is 3. The Morgan fingerprint density at radius 1 is 1.17 bits per heavy atom. The van der Waals surface area contributed by atoms with Crippen LogP contribution in [0.1, 0.15) is 68.8 Å². The van der Waals surface area contributed by atoms with Crippen LogP contribution in [0.3, 0.4) is 0 Å². The fourth-order valence-corrected chi connectivity index (χ4v) is 7.24. The zero-order chi connectivity index (χ0) is 33.1. The van der Waals surface area contributed by atoms with Crippen LogP contribution in [-0.2, 0) is 20.6 Å². The van der Waals surface area contributed by atoms with Crippen molar-refractivity contribution >= 4 is 11.6 Å². The van der Waals surface area contributed by atoms with E-state index in [-0.39, 0.29) is 41.0 Å². The Labute approximate surface area is 263 Å². The number of rotatable bonds is 6. The Morgan fingerprint density at radius 3 is 2.61 bits per heavy atom. The Balaban J connectivity index is 1.44. The van der Waals surface area contributed by atoms with Crippen LogP contribution in [-0.4, -0.2) is 123 Å². The van der Waals surface area contributed by atoms with Gasteiger partial charge in [0.15, 0.2) is 12.1 Å². The third-order valence-corrected chi connectivity index (χ3v) is 9.64. The highest BCUT2D eigenvalue weighted by atomic mass is 16.7. The van der Waals surface area contributed by atoms with Crippen molar-refractivity contribution in [3.8, 4) is 23.3 Å². The molecule has 14 heteroatoms. The van der Waals surface area contributed by atoms with Crippen molar-refractivity contribution in [1.82, 2.24) is 4.90 Å². The Hall–Kier alpha value is -3.65. The van der Waals surface area contributed by atoms with Gasteiger partial charge in [0.05, 0.1) is 73.6 Å². The molecule has 2 aromatic rings. The van der Waals surface area contributed by atoms with E-state index in [0.29, 0.717) is 13.2 Å². The number of aromatic hydroxyl groups is 2. The molecule has 0 saturated carbocycles. The van der Waals surface area contributed by atoms with Gasteiger partial charge in [-0.3, -0.25) is 14.5 Å². The summed E-state index contributed by atoms with van der Waals surface area (Å²) in [7, 11) is 1.33. The molecule has 2 aliphatic heterocycles. The summed E-state index contributed by atoms with van der Waals surface area (Å²) in [6.45, 7) is 1.66. The van der Waals surface area contributed by atoms with Crippen LogP contribution in [0.5, 0.6) is 17.2 Å². The van der Waals surface area contributed by atoms with Crippen molar-refractivity contribution in [1.29, 1.82) is 5.26 Å². The molecule has 4 aliphatic rings. The van der Waals surface area contributed by atoms with E-state index in [1.54, 1.807) is 6.92 Å². The zero-order valence-electron chi connectivity index (χ0n) is 25.3. The van der Waals surface area contributed by atoms with Crippen LogP contribution < -0.4 is 4.74 Å². The summed E-state index contributed by atoms with van der Waals surface area (Å²) in [4.78, 5) is 29.4. The normalized spacial score (nSPS) is 31.8. The van der Waals surface area contributed by atoms with Crippen LogP contribution in [0.2, 0.25) is 0 Å². The van der Waals surface area contributed by atoms with E-state index in [0.717, 1.165) is 0 Å². The second kappa shape index (κ2) is 12.2. The van der Waals surface area contributed by atoms with Crippen LogP contribution in [0, 0.1) is 11.3 Å². The van der Waals surface area contributed by atoms with Crippen LogP contribution in [0.4, 0.5) is 0 Å². The number of morpholine rings is 1. The average Bonchev–Trinajstić information content (AvgIpc) is 3.05. The Morgan fingerprint density at radius 2 is 1.91 bits per heavy atom. The lowest BCUT2D eigenvalue weighted by Crippen LogP contribution is -2.60. The summed E-state index contributed by atoms with van der Waals surface area (Å²) in [6.07, 6.45) is -6.76. The molecule has 14 nitrogen and oxygen atoms in total. The van der Waals surface area contributed by atoms with Crippen LogP contribution in [0.25, 0.3) is 0 Å². The predicted octanol–water partition coefficient (Wildman–Crippen LogP) is 0.0588. The summed E-state index contributed by atoms with van der Waals surface area (Å²) in [5.41, 5.74) is -3.40. The van der Waals surface area contributed by atoms with E-state index in [4.69, 9.17) is 18.9 Å². The van der Waals surface area contributed by atoms with Crippen molar-refractivity contribution in [2.24, 2.45) is 0 Å². The van der Waals surface area contributed by atoms with E-state index in [2.05, 4.69) is 6.07 Å². The number of nitrogens with zero attached hydrogens (tertiary/aromatic N) is 2. The van der Waals surface area contributed by atoms with Gasteiger partial charge in [-0.15, -0.1) is 0 Å². The average molecular weight is 641 g/mol. The topological polar surface area (TPSA) is 219 Å². The maximum Gasteiger partial charge on any atom is 0.202 e. The van der Waals surface area contributed by atoms with Crippen LogP contribution >= 0.6 is 0 Å². The fourth-order valence-electron chi connectivity index (χ4n) is 7.24. The molecule has 2 heterocycles. The van der Waals surface area contributed by atoms with Gasteiger partial charge < -0.3 is 49.6 Å².